The molecular formula is C21H28N2O2. The number of carbonyl (C=O) groups excluding carboxylic acids is 1. The van der Waals surface area contributed by atoms with Crippen LogP contribution in [0.1, 0.15) is 41.3 Å². The Bertz CT molecular complexity index is 668. The van der Waals surface area contributed by atoms with Crippen molar-refractivity contribution in [3.63, 3.8) is 0 Å². The van der Waals surface area contributed by atoms with Gasteiger partial charge in [-0.2, -0.15) is 0 Å². The lowest BCUT2D eigenvalue weighted by molar-refractivity contribution is 0.0950. The zero-order valence-corrected chi connectivity index (χ0v) is 15.4. The minimum Gasteiger partial charge on any atom is -0.380 e. The van der Waals surface area contributed by atoms with Crippen molar-refractivity contribution in [1.82, 2.24) is 5.32 Å². The lowest BCUT2D eigenvalue weighted by atomic mass is 10.1. The van der Waals surface area contributed by atoms with E-state index in [9.17, 15) is 4.79 Å². The Morgan fingerprint density at radius 3 is 2.40 bits per heavy atom. The maximum absolute atomic E-state index is 12.4. The summed E-state index contributed by atoms with van der Waals surface area (Å²) in [7, 11) is 3.76. The quantitative estimate of drug-likeness (QED) is 0.750. The van der Waals surface area contributed by atoms with Crippen molar-refractivity contribution in [3.8, 4) is 0 Å². The summed E-state index contributed by atoms with van der Waals surface area (Å²) in [6.45, 7) is 4.26. The fourth-order valence-corrected chi connectivity index (χ4v) is 2.70. The molecule has 0 atom stereocenters. The average Bonchev–Trinajstić information content (AvgIpc) is 2.65. The molecular weight excluding hydrogens is 312 g/mol. The largest absolute Gasteiger partial charge is 0.380 e. The van der Waals surface area contributed by atoms with Gasteiger partial charge in [0.1, 0.15) is 0 Å². The summed E-state index contributed by atoms with van der Waals surface area (Å²) >= 11 is 0. The Kier molecular flexibility index (Phi) is 7.48. The van der Waals surface area contributed by atoms with Gasteiger partial charge < -0.3 is 15.0 Å². The minimum atomic E-state index is -0.0602. The second-order valence-electron chi connectivity index (χ2n) is 6.21. The highest BCUT2D eigenvalue weighted by Gasteiger charge is 2.08. The SMILES string of the molecule is CCCCN(C)c1ccc(C(=O)NCc2ccccc2COC)cc1. The van der Waals surface area contributed by atoms with Crippen molar-refractivity contribution in [2.24, 2.45) is 0 Å². The number of hydrogen-bond donors (Lipinski definition) is 1. The van der Waals surface area contributed by atoms with Gasteiger partial charge in [-0.3, -0.25) is 4.79 Å². The zero-order chi connectivity index (χ0) is 18.1. The first-order chi connectivity index (χ1) is 12.2. The molecule has 4 heteroatoms. The summed E-state index contributed by atoms with van der Waals surface area (Å²) in [5.74, 6) is -0.0602. The van der Waals surface area contributed by atoms with Gasteiger partial charge in [0.05, 0.1) is 6.61 Å². The molecule has 0 radical (unpaired) electrons. The van der Waals surface area contributed by atoms with Gasteiger partial charge in [-0.1, -0.05) is 37.6 Å². The average molecular weight is 340 g/mol. The van der Waals surface area contributed by atoms with E-state index in [4.69, 9.17) is 4.74 Å². The Morgan fingerprint density at radius 2 is 1.76 bits per heavy atom. The number of unbranched alkanes of at least 4 members (excludes halogenated alkanes) is 1. The summed E-state index contributed by atoms with van der Waals surface area (Å²) in [6.07, 6.45) is 2.34. The van der Waals surface area contributed by atoms with Crippen molar-refractivity contribution in [1.29, 1.82) is 0 Å². The number of benzene rings is 2. The van der Waals surface area contributed by atoms with E-state index in [1.54, 1.807) is 7.11 Å². The van der Waals surface area contributed by atoms with Crippen molar-refractivity contribution in [2.75, 3.05) is 25.6 Å². The van der Waals surface area contributed by atoms with Crippen molar-refractivity contribution >= 4 is 11.6 Å². The van der Waals surface area contributed by atoms with Crippen LogP contribution in [0.4, 0.5) is 5.69 Å². The fourth-order valence-electron chi connectivity index (χ4n) is 2.70. The molecule has 134 valence electrons. The third-order valence-electron chi connectivity index (χ3n) is 4.27. The second-order valence-corrected chi connectivity index (χ2v) is 6.21. The third kappa shape index (κ3) is 5.61. The second kappa shape index (κ2) is 9.84. The highest BCUT2D eigenvalue weighted by Crippen LogP contribution is 2.15. The molecule has 0 aromatic heterocycles. The molecule has 0 saturated heterocycles. The highest BCUT2D eigenvalue weighted by molar-refractivity contribution is 5.94. The first-order valence-electron chi connectivity index (χ1n) is 8.80. The van der Waals surface area contributed by atoms with Gasteiger partial charge in [0, 0.05) is 38.5 Å². The van der Waals surface area contributed by atoms with Crippen LogP contribution in [0.2, 0.25) is 0 Å². The first-order valence-corrected chi connectivity index (χ1v) is 8.80. The fraction of sp³-hybridized carbons (Fsp3) is 0.381. The molecule has 0 saturated carbocycles. The molecule has 0 aliphatic carbocycles. The molecule has 1 amide bonds. The lowest BCUT2D eigenvalue weighted by Crippen LogP contribution is -2.24. The summed E-state index contributed by atoms with van der Waals surface area (Å²) in [5.41, 5.74) is 3.99. The molecule has 0 bridgehead atoms. The van der Waals surface area contributed by atoms with Gasteiger partial charge in [-0.05, 0) is 41.8 Å². The summed E-state index contributed by atoms with van der Waals surface area (Å²) in [4.78, 5) is 14.6. The van der Waals surface area contributed by atoms with E-state index in [1.807, 2.05) is 48.5 Å². The third-order valence-corrected chi connectivity index (χ3v) is 4.27. The molecule has 0 aliphatic heterocycles. The van der Waals surface area contributed by atoms with Crippen LogP contribution in [-0.4, -0.2) is 26.6 Å². The number of nitrogens with one attached hydrogen (secondary N) is 1. The molecule has 2 aromatic carbocycles. The molecule has 0 spiro atoms. The standard InChI is InChI=1S/C21H28N2O2/c1-4-5-14-23(2)20-12-10-17(11-13-20)21(24)22-15-18-8-6-7-9-19(18)16-25-3/h6-13H,4-5,14-16H2,1-3H3,(H,22,24). The van der Waals surface area contributed by atoms with Crippen LogP contribution in [0.25, 0.3) is 0 Å². The number of anilines is 1. The number of ether oxygens (including phenoxy) is 1. The first kappa shape index (κ1) is 19.0. The van der Waals surface area contributed by atoms with Crippen LogP contribution in [0.5, 0.6) is 0 Å². The van der Waals surface area contributed by atoms with Gasteiger partial charge in [-0.15, -0.1) is 0 Å². The lowest BCUT2D eigenvalue weighted by Gasteiger charge is -2.19. The molecule has 4 nitrogen and oxygen atoms in total. The van der Waals surface area contributed by atoms with Crippen LogP contribution in [0, 0.1) is 0 Å². The predicted octanol–water partition coefficient (Wildman–Crippen LogP) is 4.00. The molecule has 0 heterocycles. The Balaban J connectivity index is 1.95. The van der Waals surface area contributed by atoms with E-state index in [1.165, 1.54) is 12.8 Å². The number of hydrogen-bond acceptors (Lipinski definition) is 3. The number of carbonyl (C=O) groups is 1. The molecule has 0 unspecified atom stereocenters. The van der Waals surface area contributed by atoms with E-state index < -0.39 is 0 Å². The summed E-state index contributed by atoms with van der Waals surface area (Å²) in [6, 6.07) is 15.8. The van der Waals surface area contributed by atoms with Gasteiger partial charge in [0.2, 0.25) is 0 Å². The zero-order valence-electron chi connectivity index (χ0n) is 15.4. The van der Waals surface area contributed by atoms with Crippen LogP contribution < -0.4 is 10.2 Å². The highest BCUT2D eigenvalue weighted by atomic mass is 16.5. The van der Waals surface area contributed by atoms with E-state index in [2.05, 4.69) is 24.2 Å². The molecule has 2 aromatic rings. The number of rotatable bonds is 9. The monoisotopic (exact) mass is 340 g/mol. The maximum Gasteiger partial charge on any atom is 0.251 e. The van der Waals surface area contributed by atoms with Gasteiger partial charge in [0.25, 0.3) is 5.91 Å². The molecule has 0 fully saturated rings. The topological polar surface area (TPSA) is 41.6 Å². The summed E-state index contributed by atoms with van der Waals surface area (Å²) < 4.78 is 5.21. The van der Waals surface area contributed by atoms with E-state index in [0.717, 1.165) is 23.4 Å². The van der Waals surface area contributed by atoms with Gasteiger partial charge in [-0.25, -0.2) is 0 Å². The predicted molar refractivity (Wildman–Crippen MR) is 103 cm³/mol. The van der Waals surface area contributed by atoms with Crippen molar-refractivity contribution in [3.05, 3.63) is 65.2 Å². The van der Waals surface area contributed by atoms with Crippen molar-refractivity contribution in [2.45, 2.75) is 32.9 Å². The summed E-state index contributed by atoms with van der Waals surface area (Å²) in [5, 5.41) is 2.99. The molecule has 2 rings (SSSR count). The van der Waals surface area contributed by atoms with Gasteiger partial charge >= 0.3 is 0 Å². The Labute approximate surface area is 150 Å². The van der Waals surface area contributed by atoms with Gasteiger partial charge in [0.15, 0.2) is 0 Å². The number of nitrogens with zero attached hydrogens (tertiary/aromatic N) is 1. The normalized spacial score (nSPS) is 10.5. The number of methoxy groups -OCH3 is 1. The van der Waals surface area contributed by atoms with E-state index in [-0.39, 0.29) is 5.91 Å². The molecule has 0 aliphatic rings. The smallest absolute Gasteiger partial charge is 0.251 e. The van der Waals surface area contributed by atoms with Crippen LogP contribution in [0.15, 0.2) is 48.5 Å². The van der Waals surface area contributed by atoms with Crippen molar-refractivity contribution < 1.29 is 9.53 Å². The van der Waals surface area contributed by atoms with E-state index >= 15 is 0 Å². The maximum atomic E-state index is 12.4. The number of amides is 1. The Morgan fingerprint density at radius 1 is 1.08 bits per heavy atom. The minimum absolute atomic E-state index is 0.0602. The van der Waals surface area contributed by atoms with Crippen LogP contribution in [-0.2, 0) is 17.9 Å². The molecule has 1 N–H and O–H groups in total. The van der Waals surface area contributed by atoms with Crippen LogP contribution in [0.3, 0.4) is 0 Å². The Hall–Kier alpha value is -2.33. The van der Waals surface area contributed by atoms with E-state index in [0.29, 0.717) is 18.7 Å². The van der Waals surface area contributed by atoms with Crippen LogP contribution >= 0.6 is 0 Å². The molecule has 25 heavy (non-hydrogen) atoms.